The second-order valence-corrected chi connectivity index (χ2v) is 9.05. The van der Waals surface area contributed by atoms with Crippen LogP contribution in [0, 0.1) is 5.92 Å². The van der Waals surface area contributed by atoms with Crippen LogP contribution in [0.25, 0.3) is 0 Å². The number of amides is 2. The Balaban J connectivity index is 1.64. The van der Waals surface area contributed by atoms with Crippen molar-refractivity contribution >= 4 is 27.5 Å². The zero-order valence-corrected chi connectivity index (χ0v) is 17.1. The van der Waals surface area contributed by atoms with Crippen molar-refractivity contribution in [1.82, 2.24) is 9.62 Å². The number of sulfonamides is 1. The molecule has 1 aliphatic rings. The number of hydrogen-bond acceptors (Lipinski definition) is 4. The number of nitrogens with zero attached hydrogens (tertiary/aromatic N) is 1. The number of benzene rings is 2. The molecule has 0 aliphatic carbocycles. The summed E-state index contributed by atoms with van der Waals surface area (Å²) in [4.78, 5) is 23.8. The quantitative estimate of drug-likeness (QED) is 0.757. The standard InChI is InChI=1S/C21H25N3O4S/c1-16(25)23-19-9-11-20(12-10-19)29(27,28)24-13-5-8-18(15-24)21(26)22-14-17-6-3-2-4-7-17/h2-4,6-7,9-12,18H,5,8,13-15H2,1H3,(H,22,26)(H,23,25). The number of carbonyl (C=O) groups is 2. The van der Waals surface area contributed by atoms with Gasteiger partial charge in [0.15, 0.2) is 0 Å². The Morgan fingerprint density at radius 1 is 1.07 bits per heavy atom. The normalized spacial score (nSPS) is 17.5. The fourth-order valence-corrected chi connectivity index (χ4v) is 4.89. The maximum absolute atomic E-state index is 13.0. The highest BCUT2D eigenvalue weighted by Crippen LogP contribution is 2.25. The van der Waals surface area contributed by atoms with Crippen molar-refractivity contribution in [2.24, 2.45) is 5.92 Å². The lowest BCUT2D eigenvalue weighted by Crippen LogP contribution is -2.45. The largest absolute Gasteiger partial charge is 0.352 e. The Morgan fingerprint density at radius 2 is 1.76 bits per heavy atom. The van der Waals surface area contributed by atoms with E-state index in [4.69, 9.17) is 0 Å². The third-order valence-corrected chi connectivity index (χ3v) is 6.76. The molecular formula is C21H25N3O4S. The monoisotopic (exact) mass is 415 g/mol. The SMILES string of the molecule is CC(=O)Nc1ccc(S(=O)(=O)N2CCCC(C(=O)NCc3ccccc3)C2)cc1. The predicted octanol–water partition coefficient (Wildman–Crippen LogP) is 2.36. The Morgan fingerprint density at radius 3 is 2.41 bits per heavy atom. The first-order valence-electron chi connectivity index (χ1n) is 9.56. The molecular weight excluding hydrogens is 390 g/mol. The van der Waals surface area contributed by atoms with Gasteiger partial charge in [-0.05, 0) is 42.7 Å². The van der Waals surface area contributed by atoms with Crippen LogP contribution in [0.5, 0.6) is 0 Å². The van der Waals surface area contributed by atoms with Crippen LogP contribution in [0.2, 0.25) is 0 Å². The topological polar surface area (TPSA) is 95.6 Å². The molecule has 1 fully saturated rings. The Hall–Kier alpha value is -2.71. The first-order valence-corrected chi connectivity index (χ1v) is 11.0. The molecule has 1 heterocycles. The van der Waals surface area contributed by atoms with Crippen molar-refractivity contribution in [2.75, 3.05) is 18.4 Å². The smallest absolute Gasteiger partial charge is 0.243 e. The predicted molar refractivity (Wildman–Crippen MR) is 111 cm³/mol. The number of rotatable bonds is 6. The summed E-state index contributed by atoms with van der Waals surface area (Å²) in [5, 5.41) is 5.52. The molecule has 0 saturated carbocycles. The van der Waals surface area contributed by atoms with E-state index < -0.39 is 10.0 Å². The molecule has 2 N–H and O–H groups in total. The van der Waals surface area contributed by atoms with Gasteiger partial charge in [-0.25, -0.2) is 8.42 Å². The van der Waals surface area contributed by atoms with E-state index in [1.54, 1.807) is 12.1 Å². The summed E-state index contributed by atoms with van der Waals surface area (Å²) in [5.74, 6) is -0.725. The van der Waals surface area contributed by atoms with E-state index in [1.165, 1.54) is 23.4 Å². The van der Waals surface area contributed by atoms with E-state index in [0.717, 1.165) is 5.56 Å². The molecule has 1 atom stereocenters. The summed E-state index contributed by atoms with van der Waals surface area (Å²) in [6.07, 6.45) is 1.29. The maximum atomic E-state index is 13.0. The van der Waals surface area contributed by atoms with Gasteiger partial charge in [-0.3, -0.25) is 9.59 Å². The zero-order chi connectivity index (χ0) is 20.9. The minimum atomic E-state index is -3.70. The van der Waals surface area contributed by atoms with Gasteiger partial charge in [0.05, 0.1) is 10.8 Å². The van der Waals surface area contributed by atoms with Gasteiger partial charge < -0.3 is 10.6 Å². The number of piperidine rings is 1. The molecule has 29 heavy (non-hydrogen) atoms. The maximum Gasteiger partial charge on any atom is 0.243 e. The van der Waals surface area contributed by atoms with Crippen molar-refractivity contribution < 1.29 is 18.0 Å². The van der Waals surface area contributed by atoms with Gasteiger partial charge in [0.2, 0.25) is 21.8 Å². The Kier molecular flexibility index (Phi) is 6.66. The van der Waals surface area contributed by atoms with Gasteiger partial charge in [0.25, 0.3) is 0 Å². The van der Waals surface area contributed by atoms with Crippen LogP contribution in [-0.2, 0) is 26.2 Å². The summed E-state index contributed by atoms with van der Waals surface area (Å²) < 4.78 is 27.3. The molecule has 0 bridgehead atoms. The third kappa shape index (κ3) is 5.42. The van der Waals surface area contributed by atoms with Crippen molar-refractivity contribution in [3.63, 3.8) is 0 Å². The fourth-order valence-electron chi connectivity index (χ4n) is 3.37. The average molecular weight is 416 g/mol. The minimum absolute atomic E-state index is 0.130. The molecule has 154 valence electrons. The first-order chi connectivity index (χ1) is 13.9. The molecule has 2 aromatic carbocycles. The lowest BCUT2D eigenvalue weighted by molar-refractivity contribution is -0.126. The average Bonchev–Trinajstić information content (AvgIpc) is 2.73. The molecule has 3 rings (SSSR count). The molecule has 0 aromatic heterocycles. The van der Waals surface area contributed by atoms with Gasteiger partial charge in [0.1, 0.15) is 0 Å². The van der Waals surface area contributed by atoms with Crippen molar-refractivity contribution in [3.8, 4) is 0 Å². The minimum Gasteiger partial charge on any atom is -0.352 e. The fraction of sp³-hybridized carbons (Fsp3) is 0.333. The van der Waals surface area contributed by atoms with Crippen molar-refractivity contribution in [3.05, 3.63) is 60.2 Å². The molecule has 8 heteroatoms. The first kappa shape index (κ1) is 21.0. The molecule has 1 unspecified atom stereocenters. The highest BCUT2D eigenvalue weighted by atomic mass is 32.2. The summed E-state index contributed by atoms with van der Waals surface area (Å²) in [6.45, 7) is 2.36. The van der Waals surface area contributed by atoms with Crippen molar-refractivity contribution in [1.29, 1.82) is 0 Å². The number of hydrogen-bond donors (Lipinski definition) is 2. The van der Waals surface area contributed by atoms with Gasteiger partial charge in [-0.15, -0.1) is 0 Å². The second kappa shape index (κ2) is 9.19. The Labute approximate surface area is 171 Å². The summed E-state index contributed by atoms with van der Waals surface area (Å²) in [5.41, 5.74) is 1.54. The van der Waals surface area contributed by atoms with Gasteiger partial charge in [-0.2, -0.15) is 4.31 Å². The number of anilines is 1. The summed E-state index contributed by atoms with van der Waals surface area (Å²) >= 11 is 0. The van der Waals surface area contributed by atoms with Crippen LogP contribution in [0.1, 0.15) is 25.3 Å². The van der Waals surface area contributed by atoms with E-state index in [1.807, 2.05) is 30.3 Å². The summed E-state index contributed by atoms with van der Waals surface area (Å²) in [7, 11) is -3.70. The van der Waals surface area contributed by atoms with Gasteiger partial charge >= 0.3 is 0 Å². The van der Waals surface area contributed by atoms with Crippen LogP contribution < -0.4 is 10.6 Å². The van der Waals surface area contributed by atoms with E-state index in [2.05, 4.69) is 10.6 Å². The Bertz CT molecular complexity index is 959. The van der Waals surface area contributed by atoms with E-state index in [9.17, 15) is 18.0 Å². The molecule has 0 spiro atoms. The van der Waals surface area contributed by atoms with Gasteiger partial charge in [0, 0.05) is 32.2 Å². The van der Waals surface area contributed by atoms with Crippen LogP contribution in [0.3, 0.4) is 0 Å². The van der Waals surface area contributed by atoms with Crippen molar-refractivity contribution in [2.45, 2.75) is 31.2 Å². The van der Waals surface area contributed by atoms with E-state index >= 15 is 0 Å². The molecule has 2 aromatic rings. The molecule has 2 amide bonds. The molecule has 0 radical (unpaired) electrons. The second-order valence-electron chi connectivity index (χ2n) is 7.11. The van der Waals surface area contributed by atoms with Crippen LogP contribution in [0.15, 0.2) is 59.5 Å². The number of carbonyl (C=O) groups excluding carboxylic acids is 2. The lowest BCUT2D eigenvalue weighted by Gasteiger charge is -2.31. The van der Waals surface area contributed by atoms with Crippen LogP contribution >= 0.6 is 0 Å². The third-order valence-electron chi connectivity index (χ3n) is 4.88. The van der Waals surface area contributed by atoms with Crippen LogP contribution in [-0.4, -0.2) is 37.6 Å². The number of nitrogens with one attached hydrogen (secondary N) is 2. The zero-order valence-electron chi connectivity index (χ0n) is 16.3. The van der Waals surface area contributed by atoms with Crippen LogP contribution in [0.4, 0.5) is 5.69 Å². The summed E-state index contributed by atoms with van der Waals surface area (Å²) in [6, 6.07) is 15.7. The molecule has 7 nitrogen and oxygen atoms in total. The molecule has 1 aliphatic heterocycles. The van der Waals surface area contributed by atoms with E-state index in [0.29, 0.717) is 31.6 Å². The highest BCUT2D eigenvalue weighted by molar-refractivity contribution is 7.89. The molecule has 1 saturated heterocycles. The van der Waals surface area contributed by atoms with Gasteiger partial charge in [-0.1, -0.05) is 30.3 Å². The highest BCUT2D eigenvalue weighted by Gasteiger charge is 2.33. The van der Waals surface area contributed by atoms with E-state index in [-0.39, 0.29) is 29.2 Å². The lowest BCUT2D eigenvalue weighted by atomic mass is 9.99.